The summed E-state index contributed by atoms with van der Waals surface area (Å²) in [7, 11) is -4.04. The predicted octanol–water partition coefficient (Wildman–Crippen LogP) is 4.83. The monoisotopic (exact) mass is 469 g/mol. The van der Waals surface area contributed by atoms with E-state index in [9.17, 15) is 23.3 Å². The molecule has 0 unspecified atom stereocenters. The van der Waals surface area contributed by atoms with Crippen LogP contribution in [0.1, 0.15) is 30.1 Å². The van der Waals surface area contributed by atoms with E-state index in [4.69, 9.17) is 4.74 Å². The van der Waals surface area contributed by atoms with Crippen LogP contribution in [0.5, 0.6) is 5.75 Å². The molecule has 0 aliphatic heterocycles. The van der Waals surface area contributed by atoms with Gasteiger partial charge in [-0.15, -0.1) is 0 Å². The van der Waals surface area contributed by atoms with Crippen LogP contribution in [-0.2, 0) is 10.0 Å². The molecule has 3 aromatic rings. The number of nitro benzene ring substituents is 1. The zero-order valence-corrected chi connectivity index (χ0v) is 18.7. The zero-order valence-electron chi connectivity index (χ0n) is 17.9. The van der Waals surface area contributed by atoms with Gasteiger partial charge in [-0.25, -0.2) is 8.42 Å². The van der Waals surface area contributed by atoms with Gasteiger partial charge >= 0.3 is 0 Å². The SMILES string of the molecule is CCCCOc1ccccc1NC(=O)c1ccc(NS(=O)(=O)c2cccc([N+](=O)[O-])c2)cc1. The molecule has 0 saturated heterocycles. The number of nitrogens with zero attached hydrogens (tertiary/aromatic N) is 1. The number of hydrogen-bond donors (Lipinski definition) is 2. The maximum absolute atomic E-state index is 12.6. The Labute approximate surface area is 191 Å². The number of unbranched alkanes of at least 4 members (excludes halogenated alkanes) is 1. The Morgan fingerprint density at radius 2 is 1.76 bits per heavy atom. The fourth-order valence-electron chi connectivity index (χ4n) is 2.88. The lowest BCUT2D eigenvalue weighted by Crippen LogP contribution is -2.15. The molecule has 0 saturated carbocycles. The van der Waals surface area contributed by atoms with Crippen LogP contribution in [0.15, 0.2) is 77.7 Å². The Kier molecular flexibility index (Phi) is 7.62. The van der Waals surface area contributed by atoms with Crippen LogP contribution in [0.4, 0.5) is 17.1 Å². The first-order chi connectivity index (χ1) is 15.8. The lowest BCUT2D eigenvalue weighted by Gasteiger charge is -2.13. The highest BCUT2D eigenvalue weighted by Crippen LogP contribution is 2.25. The summed E-state index contributed by atoms with van der Waals surface area (Å²) in [6.45, 7) is 2.60. The highest BCUT2D eigenvalue weighted by Gasteiger charge is 2.18. The van der Waals surface area contributed by atoms with Gasteiger partial charge in [0.1, 0.15) is 5.75 Å². The molecule has 10 heteroatoms. The second-order valence-corrected chi connectivity index (χ2v) is 8.77. The molecule has 0 aromatic heterocycles. The molecule has 0 atom stereocenters. The third kappa shape index (κ3) is 6.30. The van der Waals surface area contributed by atoms with Gasteiger partial charge in [-0.1, -0.05) is 31.5 Å². The fraction of sp³-hybridized carbons (Fsp3) is 0.174. The van der Waals surface area contributed by atoms with Crippen molar-refractivity contribution in [3.8, 4) is 5.75 Å². The second kappa shape index (κ2) is 10.6. The lowest BCUT2D eigenvalue weighted by atomic mass is 10.2. The molecule has 2 N–H and O–H groups in total. The van der Waals surface area contributed by atoms with Crippen LogP contribution in [0.3, 0.4) is 0 Å². The summed E-state index contributed by atoms with van der Waals surface area (Å²) in [5, 5.41) is 13.7. The molecule has 172 valence electrons. The maximum atomic E-state index is 12.6. The number of nitro groups is 1. The van der Waals surface area contributed by atoms with Gasteiger partial charge in [0, 0.05) is 23.4 Å². The molecule has 1 amide bonds. The van der Waals surface area contributed by atoms with Gasteiger partial charge in [-0.05, 0) is 48.9 Å². The quantitative estimate of drug-likeness (QED) is 0.249. The number of para-hydroxylation sites is 2. The summed E-state index contributed by atoms with van der Waals surface area (Å²) in [6, 6.07) is 17.7. The molecule has 0 bridgehead atoms. The van der Waals surface area contributed by atoms with Gasteiger partial charge in [0.15, 0.2) is 0 Å². The molecule has 0 aliphatic rings. The van der Waals surface area contributed by atoms with Gasteiger partial charge in [-0.2, -0.15) is 0 Å². The van der Waals surface area contributed by atoms with Crippen LogP contribution in [0, 0.1) is 10.1 Å². The number of sulfonamides is 1. The molecule has 3 aromatic carbocycles. The summed E-state index contributed by atoms with van der Waals surface area (Å²) < 4.78 is 33.2. The number of non-ortho nitro benzene ring substituents is 1. The second-order valence-electron chi connectivity index (χ2n) is 7.09. The highest BCUT2D eigenvalue weighted by atomic mass is 32.2. The Hall–Kier alpha value is -3.92. The van der Waals surface area contributed by atoms with E-state index in [1.807, 2.05) is 6.07 Å². The van der Waals surface area contributed by atoms with Gasteiger partial charge in [0.05, 0.1) is 22.1 Å². The van der Waals surface area contributed by atoms with Crippen molar-refractivity contribution in [1.29, 1.82) is 0 Å². The Bertz CT molecular complexity index is 1240. The van der Waals surface area contributed by atoms with Crippen molar-refractivity contribution < 1.29 is 22.9 Å². The highest BCUT2D eigenvalue weighted by molar-refractivity contribution is 7.92. The number of rotatable bonds is 10. The first-order valence-corrected chi connectivity index (χ1v) is 11.7. The lowest BCUT2D eigenvalue weighted by molar-refractivity contribution is -0.385. The largest absolute Gasteiger partial charge is 0.491 e. The van der Waals surface area contributed by atoms with Crippen LogP contribution in [-0.4, -0.2) is 25.9 Å². The summed E-state index contributed by atoms with van der Waals surface area (Å²) in [5.41, 5.74) is 0.732. The van der Waals surface area contributed by atoms with Crippen LogP contribution in [0.2, 0.25) is 0 Å². The van der Waals surface area contributed by atoms with Gasteiger partial charge < -0.3 is 10.1 Å². The van der Waals surface area contributed by atoms with E-state index in [-0.39, 0.29) is 22.2 Å². The minimum absolute atomic E-state index is 0.210. The minimum atomic E-state index is -4.04. The van der Waals surface area contributed by atoms with Crippen molar-refractivity contribution in [1.82, 2.24) is 0 Å². The third-order valence-electron chi connectivity index (χ3n) is 4.63. The summed E-state index contributed by atoms with van der Waals surface area (Å²) in [4.78, 5) is 22.6. The summed E-state index contributed by atoms with van der Waals surface area (Å²) in [6.07, 6.45) is 1.89. The van der Waals surface area contributed by atoms with Crippen LogP contribution in [0.25, 0.3) is 0 Å². The summed E-state index contributed by atoms with van der Waals surface area (Å²) >= 11 is 0. The van der Waals surface area contributed by atoms with E-state index in [0.29, 0.717) is 23.6 Å². The van der Waals surface area contributed by atoms with Gasteiger partial charge in [-0.3, -0.25) is 19.6 Å². The normalized spacial score (nSPS) is 10.9. The molecule has 9 nitrogen and oxygen atoms in total. The topological polar surface area (TPSA) is 128 Å². The Morgan fingerprint density at radius 1 is 1.03 bits per heavy atom. The standard InChI is InChI=1S/C23H23N3O6S/c1-2-3-15-32-22-10-5-4-9-21(22)24-23(27)17-11-13-18(14-12-17)25-33(30,31)20-8-6-7-19(16-20)26(28)29/h4-14,16,25H,2-3,15H2,1H3,(H,24,27). The minimum Gasteiger partial charge on any atom is -0.491 e. The number of amides is 1. The van der Waals surface area contributed by atoms with E-state index < -0.39 is 14.9 Å². The van der Waals surface area contributed by atoms with Crippen molar-refractivity contribution in [2.24, 2.45) is 0 Å². The Balaban J connectivity index is 1.70. The average molecular weight is 470 g/mol. The van der Waals surface area contributed by atoms with Crippen molar-refractivity contribution in [3.05, 3.63) is 88.5 Å². The Morgan fingerprint density at radius 3 is 2.45 bits per heavy atom. The number of hydrogen-bond acceptors (Lipinski definition) is 6. The van der Waals surface area contributed by atoms with Crippen LogP contribution < -0.4 is 14.8 Å². The molecule has 33 heavy (non-hydrogen) atoms. The third-order valence-corrected chi connectivity index (χ3v) is 6.01. The van der Waals surface area contributed by atoms with E-state index in [1.165, 1.54) is 42.5 Å². The fourth-order valence-corrected chi connectivity index (χ4v) is 3.98. The first kappa shape index (κ1) is 23.7. The summed E-state index contributed by atoms with van der Waals surface area (Å²) in [5.74, 6) is 0.190. The molecular weight excluding hydrogens is 446 g/mol. The van der Waals surface area contributed by atoms with E-state index >= 15 is 0 Å². The smallest absolute Gasteiger partial charge is 0.270 e. The molecule has 0 radical (unpaired) electrons. The van der Waals surface area contributed by atoms with Crippen molar-refractivity contribution in [2.75, 3.05) is 16.6 Å². The molecule has 3 rings (SSSR count). The van der Waals surface area contributed by atoms with Gasteiger partial charge in [0.2, 0.25) is 0 Å². The number of benzene rings is 3. The number of ether oxygens (including phenoxy) is 1. The van der Waals surface area contributed by atoms with E-state index in [0.717, 1.165) is 18.9 Å². The van der Waals surface area contributed by atoms with E-state index in [2.05, 4.69) is 17.0 Å². The number of carbonyl (C=O) groups is 1. The molecular formula is C23H23N3O6S. The molecule has 0 aliphatic carbocycles. The van der Waals surface area contributed by atoms with Crippen molar-refractivity contribution >= 4 is 33.0 Å². The van der Waals surface area contributed by atoms with Crippen molar-refractivity contribution in [2.45, 2.75) is 24.7 Å². The molecule has 0 heterocycles. The average Bonchev–Trinajstić information content (AvgIpc) is 2.80. The van der Waals surface area contributed by atoms with Gasteiger partial charge in [0.25, 0.3) is 21.6 Å². The molecule has 0 spiro atoms. The number of anilines is 2. The van der Waals surface area contributed by atoms with Crippen LogP contribution >= 0.6 is 0 Å². The first-order valence-electron chi connectivity index (χ1n) is 10.2. The predicted molar refractivity (Wildman–Crippen MR) is 125 cm³/mol. The molecule has 0 fully saturated rings. The maximum Gasteiger partial charge on any atom is 0.270 e. The zero-order chi connectivity index (χ0) is 23.8. The number of carbonyl (C=O) groups excluding carboxylic acids is 1. The number of nitrogens with one attached hydrogen (secondary N) is 2. The van der Waals surface area contributed by atoms with Crippen molar-refractivity contribution in [3.63, 3.8) is 0 Å². The van der Waals surface area contributed by atoms with E-state index in [1.54, 1.807) is 18.2 Å².